The first-order valence-corrected chi connectivity index (χ1v) is 10.6. The van der Waals surface area contributed by atoms with Crippen LogP contribution >= 0.6 is 11.5 Å². The molecule has 1 aliphatic heterocycles. The molecule has 1 unspecified atom stereocenters. The number of nitrogens with zero attached hydrogens (tertiary/aromatic N) is 2. The lowest BCUT2D eigenvalue weighted by Gasteiger charge is -2.22. The van der Waals surface area contributed by atoms with Crippen LogP contribution in [-0.4, -0.2) is 38.6 Å². The van der Waals surface area contributed by atoms with E-state index in [2.05, 4.69) is 15.0 Å². The molecule has 0 bridgehead atoms. The maximum Gasteiger partial charge on any atom is 0.260 e. The van der Waals surface area contributed by atoms with Crippen LogP contribution in [0.15, 0.2) is 48.5 Å². The number of carbonyl (C=O) groups excluding carboxylic acids is 1. The Morgan fingerprint density at radius 3 is 2.81 bits per heavy atom. The summed E-state index contributed by atoms with van der Waals surface area (Å²) in [5.74, 6) is -0.467. The van der Waals surface area contributed by atoms with Gasteiger partial charge in [-0.2, -0.15) is 4.37 Å². The fourth-order valence-electron chi connectivity index (χ4n) is 3.57. The lowest BCUT2D eigenvalue weighted by molar-refractivity contribution is 0.0904. The van der Waals surface area contributed by atoms with Crippen molar-refractivity contribution in [2.45, 2.75) is 32.5 Å². The highest BCUT2D eigenvalue weighted by atomic mass is 32.1. The van der Waals surface area contributed by atoms with Gasteiger partial charge in [-0.3, -0.25) is 15.1 Å². The van der Waals surface area contributed by atoms with Crippen LogP contribution in [0, 0.1) is 5.41 Å². The summed E-state index contributed by atoms with van der Waals surface area (Å²) < 4.78 is 3.94. The standard InChI is InChI=1S/C22H23N5O3S/c1-12(2)24-19(23)18-20(29)26-31-21(18)25-15-8-5-7-14(10-15)22(30)27-16-9-4-3-6-13(16)11-17(27)28/h3-10,12,17,25,28H,11H2,1-2H3,(H2,23,24)(H,26,29). The Kier molecular flexibility index (Phi) is 5.62. The SMILES string of the molecule is CC(C)NC(=N)c1c(O)nsc1Nc1cccc(C(=O)N2c3ccccc3CC2O)c1. The van der Waals surface area contributed by atoms with E-state index in [4.69, 9.17) is 5.41 Å². The van der Waals surface area contributed by atoms with Gasteiger partial charge < -0.3 is 20.8 Å². The van der Waals surface area contributed by atoms with E-state index in [0.29, 0.717) is 28.4 Å². The third-order valence-corrected chi connectivity index (χ3v) is 5.65. The molecule has 0 aliphatic carbocycles. The molecule has 0 spiro atoms. The summed E-state index contributed by atoms with van der Waals surface area (Å²) in [6, 6.07) is 14.4. The molecular formula is C22H23N5O3S. The minimum absolute atomic E-state index is 0.0235. The largest absolute Gasteiger partial charge is 0.492 e. The van der Waals surface area contributed by atoms with Gasteiger partial charge in [0.15, 0.2) is 0 Å². The Balaban J connectivity index is 1.59. The summed E-state index contributed by atoms with van der Waals surface area (Å²) in [6.07, 6.45) is -0.511. The van der Waals surface area contributed by atoms with Crippen molar-refractivity contribution < 1.29 is 15.0 Å². The van der Waals surface area contributed by atoms with Crippen molar-refractivity contribution in [1.82, 2.24) is 9.69 Å². The van der Waals surface area contributed by atoms with Crippen molar-refractivity contribution in [2.24, 2.45) is 0 Å². The Morgan fingerprint density at radius 2 is 2.03 bits per heavy atom. The number of fused-ring (bicyclic) bond motifs is 1. The molecule has 4 rings (SSSR count). The topological polar surface area (TPSA) is 122 Å². The van der Waals surface area contributed by atoms with Crippen molar-refractivity contribution in [3.8, 4) is 5.88 Å². The van der Waals surface area contributed by atoms with E-state index in [1.807, 2.05) is 38.1 Å². The molecule has 1 amide bonds. The zero-order valence-electron chi connectivity index (χ0n) is 17.1. The molecular weight excluding hydrogens is 414 g/mol. The molecule has 9 heteroatoms. The number of hydrogen-bond acceptors (Lipinski definition) is 7. The molecule has 1 aromatic heterocycles. The Bertz CT molecular complexity index is 1140. The van der Waals surface area contributed by atoms with E-state index in [9.17, 15) is 15.0 Å². The quantitative estimate of drug-likeness (QED) is 0.308. The molecule has 2 aromatic carbocycles. The predicted molar refractivity (Wildman–Crippen MR) is 122 cm³/mol. The molecule has 1 aliphatic rings. The minimum atomic E-state index is -0.908. The van der Waals surface area contributed by atoms with Crippen molar-refractivity contribution in [3.63, 3.8) is 0 Å². The average Bonchev–Trinajstić information content (AvgIpc) is 3.25. The van der Waals surface area contributed by atoms with Crippen LogP contribution in [0.2, 0.25) is 0 Å². The zero-order valence-corrected chi connectivity index (χ0v) is 17.9. The number of carbonyl (C=O) groups is 1. The number of aliphatic hydroxyl groups excluding tert-OH is 1. The van der Waals surface area contributed by atoms with Gasteiger partial charge in [-0.1, -0.05) is 24.3 Å². The molecule has 160 valence electrons. The molecule has 5 N–H and O–H groups in total. The average molecular weight is 438 g/mol. The first-order chi connectivity index (χ1) is 14.8. The Morgan fingerprint density at radius 1 is 1.26 bits per heavy atom. The van der Waals surface area contributed by atoms with E-state index in [1.165, 1.54) is 4.90 Å². The molecule has 0 radical (unpaired) electrons. The molecule has 3 aromatic rings. The molecule has 2 heterocycles. The van der Waals surface area contributed by atoms with E-state index in [1.54, 1.807) is 24.3 Å². The fourth-order valence-corrected chi connectivity index (χ4v) is 4.28. The van der Waals surface area contributed by atoms with E-state index in [-0.39, 0.29) is 29.2 Å². The molecule has 0 saturated carbocycles. The molecule has 0 saturated heterocycles. The summed E-state index contributed by atoms with van der Waals surface area (Å²) >= 11 is 1.03. The van der Waals surface area contributed by atoms with Crippen LogP contribution in [0.5, 0.6) is 5.88 Å². The van der Waals surface area contributed by atoms with Crippen molar-refractivity contribution in [3.05, 3.63) is 65.2 Å². The van der Waals surface area contributed by atoms with Crippen LogP contribution < -0.4 is 15.5 Å². The van der Waals surface area contributed by atoms with Gasteiger partial charge in [0.2, 0.25) is 5.88 Å². The number of aromatic hydroxyl groups is 1. The fraction of sp³-hybridized carbons (Fsp3) is 0.227. The van der Waals surface area contributed by atoms with Gasteiger partial charge in [-0.05, 0) is 55.2 Å². The second kappa shape index (κ2) is 8.37. The van der Waals surface area contributed by atoms with Crippen molar-refractivity contribution in [1.29, 1.82) is 5.41 Å². The van der Waals surface area contributed by atoms with E-state index >= 15 is 0 Å². The summed E-state index contributed by atoms with van der Waals surface area (Å²) in [5, 5.41) is 35.3. The van der Waals surface area contributed by atoms with Crippen molar-refractivity contribution >= 4 is 39.7 Å². The van der Waals surface area contributed by atoms with Gasteiger partial charge in [-0.15, -0.1) is 0 Å². The highest BCUT2D eigenvalue weighted by Crippen LogP contribution is 2.34. The second-order valence-electron chi connectivity index (χ2n) is 7.58. The van der Waals surface area contributed by atoms with Crippen LogP contribution in [-0.2, 0) is 6.42 Å². The smallest absolute Gasteiger partial charge is 0.260 e. The molecule has 0 fully saturated rings. The zero-order chi connectivity index (χ0) is 22.1. The normalized spacial score (nSPS) is 15.1. The highest BCUT2D eigenvalue weighted by Gasteiger charge is 2.32. The molecule has 31 heavy (non-hydrogen) atoms. The maximum absolute atomic E-state index is 13.2. The maximum atomic E-state index is 13.2. The summed E-state index contributed by atoms with van der Waals surface area (Å²) in [5.41, 5.74) is 2.93. The number of nitrogens with one attached hydrogen (secondary N) is 3. The highest BCUT2D eigenvalue weighted by molar-refractivity contribution is 7.11. The lowest BCUT2D eigenvalue weighted by atomic mass is 10.1. The van der Waals surface area contributed by atoms with Gasteiger partial charge in [0.05, 0.1) is 0 Å². The number of aliphatic hydroxyl groups is 1. The summed E-state index contributed by atoms with van der Waals surface area (Å²) in [6.45, 7) is 3.80. The summed E-state index contributed by atoms with van der Waals surface area (Å²) in [7, 11) is 0. The van der Waals surface area contributed by atoms with Gasteiger partial charge in [-0.25, -0.2) is 0 Å². The number of benzene rings is 2. The van der Waals surface area contributed by atoms with Crippen LogP contribution in [0.4, 0.5) is 16.4 Å². The first kappa shape index (κ1) is 20.8. The number of amidine groups is 1. The third-order valence-electron chi connectivity index (χ3n) is 4.89. The van der Waals surface area contributed by atoms with Crippen LogP contribution in [0.3, 0.4) is 0 Å². The monoisotopic (exact) mass is 437 g/mol. The first-order valence-electron chi connectivity index (χ1n) is 9.86. The van der Waals surface area contributed by atoms with Gasteiger partial charge in [0, 0.05) is 29.4 Å². The van der Waals surface area contributed by atoms with Crippen molar-refractivity contribution in [2.75, 3.05) is 10.2 Å². The van der Waals surface area contributed by atoms with Gasteiger partial charge in [0.25, 0.3) is 5.91 Å². The number of hydrogen-bond donors (Lipinski definition) is 5. The number of aromatic nitrogens is 1. The van der Waals surface area contributed by atoms with Crippen LogP contribution in [0.25, 0.3) is 0 Å². The predicted octanol–water partition coefficient (Wildman–Crippen LogP) is 3.44. The minimum Gasteiger partial charge on any atom is -0.492 e. The summed E-state index contributed by atoms with van der Waals surface area (Å²) in [4.78, 5) is 14.6. The van der Waals surface area contributed by atoms with Gasteiger partial charge in [0.1, 0.15) is 22.6 Å². The Hall–Kier alpha value is -3.43. The Labute approximate surface area is 183 Å². The number of amides is 1. The van der Waals surface area contributed by atoms with E-state index in [0.717, 1.165) is 17.1 Å². The lowest BCUT2D eigenvalue weighted by Crippen LogP contribution is -2.37. The van der Waals surface area contributed by atoms with E-state index < -0.39 is 6.23 Å². The number of rotatable bonds is 5. The third kappa shape index (κ3) is 4.10. The van der Waals surface area contributed by atoms with Crippen LogP contribution in [0.1, 0.15) is 35.3 Å². The van der Waals surface area contributed by atoms with Gasteiger partial charge >= 0.3 is 0 Å². The molecule has 1 atom stereocenters. The molecule has 8 nitrogen and oxygen atoms in total. The number of anilines is 3. The number of para-hydroxylation sites is 1. The second-order valence-corrected chi connectivity index (χ2v) is 8.35.